The van der Waals surface area contributed by atoms with Gasteiger partial charge < -0.3 is 10.2 Å². The van der Waals surface area contributed by atoms with Gasteiger partial charge in [0.2, 0.25) is 5.91 Å². The molecule has 0 saturated carbocycles. The number of aromatic nitrogens is 3. The van der Waals surface area contributed by atoms with Gasteiger partial charge in [-0.15, -0.1) is 0 Å². The summed E-state index contributed by atoms with van der Waals surface area (Å²) in [5.41, 5.74) is 2.78. The van der Waals surface area contributed by atoms with Crippen molar-refractivity contribution in [3.8, 4) is 11.3 Å². The molecule has 1 atom stereocenters. The minimum atomic E-state index is -0.669. The zero-order valence-electron chi connectivity index (χ0n) is 18.2. The van der Waals surface area contributed by atoms with Gasteiger partial charge >= 0.3 is 0 Å². The largest absolute Gasteiger partial charge is 0.354 e. The van der Waals surface area contributed by atoms with Crippen LogP contribution in [0, 0.1) is 17.6 Å². The molecule has 1 unspecified atom stereocenters. The number of piperidine rings is 1. The number of amides is 1. The van der Waals surface area contributed by atoms with Gasteiger partial charge in [-0.25, -0.2) is 18.3 Å². The molecule has 0 bridgehead atoms. The maximum Gasteiger partial charge on any atom is 0.225 e. The highest BCUT2D eigenvalue weighted by Gasteiger charge is 2.28. The van der Waals surface area contributed by atoms with E-state index in [4.69, 9.17) is 11.6 Å². The van der Waals surface area contributed by atoms with Crippen molar-refractivity contribution >= 4 is 28.8 Å². The Hall–Kier alpha value is -3.52. The molecular formula is C25H22ClF2N5O. The zero-order valence-corrected chi connectivity index (χ0v) is 19.0. The fraction of sp³-hybridized carbons (Fsp3) is 0.240. The number of hydrogen-bond donors (Lipinski definition) is 1. The number of carbonyl (C=O) groups excluding carboxylic acids is 1. The molecule has 6 nitrogen and oxygen atoms in total. The molecule has 0 aliphatic carbocycles. The fourth-order valence-corrected chi connectivity index (χ4v) is 4.51. The van der Waals surface area contributed by atoms with Crippen molar-refractivity contribution in [3.63, 3.8) is 0 Å². The number of anilines is 1. The van der Waals surface area contributed by atoms with E-state index >= 15 is 0 Å². The summed E-state index contributed by atoms with van der Waals surface area (Å²) in [4.78, 5) is 19.5. The van der Waals surface area contributed by atoms with Crippen molar-refractivity contribution in [1.29, 1.82) is 0 Å². The lowest BCUT2D eigenvalue weighted by molar-refractivity contribution is -0.125. The van der Waals surface area contributed by atoms with E-state index in [9.17, 15) is 13.6 Å². The van der Waals surface area contributed by atoms with Crippen molar-refractivity contribution in [2.75, 3.05) is 18.0 Å². The third-order valence-corrected chi connectivity index (χ3v) is 6.28. The van der Waals surface area contributed by atoms with Gasteiger partial charge in [-0.1, -0.05) is 29.8 Å². The third-order valence-electron chi connectivity index (χ3n) is 6.05. The summed E-state index contributed by atoms with van der Waals surface area (Å²) in [6.45, 7) is 1.27. The minimum absolute atomic E-state index is 0.0148. The van der Waals surface area contributed by atoms with Crippen molar-refractivity contribution in [3.05, 3.63) is 83.1 Å². The molecule has 174 valence electrons. The molecule has 2 aromatic heterocycles. The van der Waals surface area contributed by atoms with Crippen LogP contribution in [0.1, 0.15) is 18.4 Å². The first-order valence-electron chi connectivity index (χ1n) is 11.0. The summed E-state index contributed by atoms with van der Waals surface area (Å²) >= 11 is 6.14. The van der Waals surface area contributed by atoms with E-state index in [2.05, 4.69) is 20.3 Å². The molecular weight excluding hydrogens is 460 g/mol. The van der Waals surface area contributed by atoms with Gasteiger partial charge in [-0.05, 0) is 37.1 Å². The number of halogens is 3. The quantitative estimate of drug-likeness (QED) is 0.442. The van der Waals surface area contributed by atoms with Gasteiger partial charge in [0, 0.05) is 54.2 Å². The van der Waals surface area contributed by atoms with E-state index in [1.165, 1.54) is 12.1 Å². The van der Waals surface area contributed by atoms with Crippen molar-refractivity contribution in [1.82, 2.24) is 19.9 Å². The molecule has 1 amide bonds. The van der Waals surface area contributed by atoms with Crippen LogP contribution in [0.3, 0.4) is 0 Å². The highest BCUT2D eigenvalue weighted by Crippen LogP contribution is 2.29. The standard InChI is InChI=1S/C25H22ClF2N5O/c26-19-5-1-3-16(11-19)22-13-23-24(29-8-10-33(23)31-22)32-9-2-4-18(15-32)25(34)30-14-17-6-7-20(27)12-21(17)28/h1,3,5-8,10-13,18H,2,4,9,14-15H2,(H,30,34). The Kier molecular flexibility index (Phi) is 6.15. The van der Waals surface area contributed by atoms with E-state index in [1.807, 2.05) is 30.3 Å². The van der Waals surface area contributed by atoms with Crippen LogP contribution >= 0.6 is 11.6 Å². The van der Waals surface area contributed by atoms with Crippen LogP contribution in [0.25, 0.3) is 16.8 Å². The summed E-state index contributed by atoms with van der Waals surface area (Å²) in [6.07, 6.45) is 5.03. The minimum Gasteiger partial charge on any atom is -0.354 e. The molecule has 1 N–H and O–H groups in total. The lowest BCUT2D eigenvalue weighted by atomic mass is 9.97. The van der Waals surface area contributed by atoms with Crippen LogP contribution in [0.5, 0.6) is 0 Å². The normalized spacial score (nSPS) is 16.1. The molecule has 4 aromatic rings. The summed E-state index contributed by atoms with van der Waals surface area (Å²) in [6, 6.07) is 12.8. The molecule has 2 aromatic carbocycles. The third kappa shape index (κ3) is 4.59. The molecule has 34 heavy (non-hydrogen) atoms. The summed E-state index contributed by atoms with van der Waals surface area (Å²) < 4.78 is 28.8. The highest BCUT2D eigenvalue weighted by atomic mass is 35.5. The second-order valence-corrected chi connectivity index (χ2v) is 8.80. The van der Waals surface area contributed by atoms with E-state index in [0.29, 0.717) is 11.6 Å². The van der Waals surface area contributed by atoms with Crippen molar-refractivity contribution in [2.45, 2.75) is 19.4 Å². The lowest BCUT2D eigenvalue weighted by Gasteiger charge is -2.33. The maximum absolute atomic E-state index is 13.9. The maximum atomic E-state index is 13.9. The average molecular weight is 482 g/mol. The predicted octanol–water partition coefficient (Wildman–Crippen LogP) is 4.86. The molecule has 0 radical (unpaired) electrons. The summed E-state index contributed by atoms with van der Waals surface area (Å²) in [7, 11) is 0. The molecule has 1 saturated heterocycles. The molecule has 5 rings (SSSR count). The second-order valence-electron chi connectivity index (χ2n) is 8.36. The van der Waals surface area contributed by atoms with Crippen molar-refractivity contribution in [2.24, 2.45) is 5.92 Å². The van der Waals surface area contributed by atoms with Gasteiger partial charge in [0.1, 0.15) is 17.2 Å². The van der Waals surface area contributed by atoms with E-state index in [-0.39, 0.29) is 23.9 Å². The van der Waals surface area contributed by atoms with E-state index in [0.717, 1.165) is 48.0 Å². The number of carbonyl (C=O) groups is 1. The lowest BCUT2D eigenvalue weighted by Crippen LogP contribution is -2.43. The number of rotatable bonds is 5. The Balaban J connectivity index is 1.33. The molecule has 1 fully saturated rings. The number of fused-ring (bicyclic) bond motifs is 1. The van der Waals surface area contributed by atoms with Gasteiger partial charge in [0.25, 0.3) is 0 Å². The van der Waals surface area contributed by atoms with E-state index in [1.54, 1.807) is 16.9 Å². The topological polar surface area (TPSA) is 62.5 Å². The molecule has 1 aliphatic heterocycles. The summed E-state index contributed by atoms with van der Waals surface area (Å²) in [5.74, 6) is -0.984. The van der Waals surface area contributed by atoms with Gasteiger partial charge in [-0.2, -0.15) is 5.10 Å². The Bertz CT molecular complexity index is 1360. The molecule has 9 heteroatoms. The average Bonchev–Trinajstić information content (AvgIpc) is 3.28. The monoisotopic (exact) mass is 481 g/mol. The van der Waals surface area contributed by atoms with Crippen LogP contribution in [0.2, 0.25) is 5.02 Å². The Morgan fingerprint density at radius 1 is 1.18 bits per heavy atom. The van der Waals surface area contributed by atoms with Crippen LogP contribution in [-0.2, 0) is 11.3 Å². The number of nitrogens with one attached hydrogen (secondary N) is 1. The smallest absolute Gasteiger partial charge is 0.225 e. The fourth-order valence-electron chi connectivity index (χ4n) is 4.32. The number of hydrogen-bond acceptors (Lipinski definition) is 4. The molecule has 1 aliphatic rings. The van der Waals surface area contributed by atoms with Gasteiger partial charge in [0.15, 0.2) is 5.82 Å². The number of benzene rings is 2. The molecule has 0 spiro atoms. The first kappa shape index (κ1) is 22.3. The first-order valence-corrected chi connectivity index (χ1v) is 11.4. The Morgan fingerprint density at radius 3 is 2.88 bits per heavy atom. The van der Waals surface area contributed by atoms with Gasteiger partial charge in [0.05, 0.1) is 11.6 Å². The van der Waals surface area contributed by atoms with E-state index < -0.39 is 11.6 Å². The Labute approximate surface area is 200 Å². The second kappa shape index (κ2) is 9.38. The van der Waals surface area contributed by atoms with Crippen LogP contribution < -0.4 is 10.2 Å². The summed E-state index contributed by atoms with van der Waals surface area (Å²) in [5, 5.41) is 8.09. The highest BCUT2D eigenvalue weighted by molar-refractivity contribution is 6.30. The van der Waals surface area contributed by atoms with Crippen LogP contribution in [0.4, 0.5) is 14.6 Å². The zero-order chi connectivity index (χ0) is 23.7. The van der Waals surface area contributed by atoms with Crippen LogP contribution in [0.15, 0.2) is 60.9 Å². The predicted molar refractivity (Wildman–Crippen MR) is 127 cm³/mol. The Morgan fingerprint density at radius 2 is 2.06 bits per heavy atom. The van der Waals surface area contributed by atoms with Gasteiger partial charge in [-0.3, -0.25) is 4.79 Å². The first-order chi connectivity index (χ1) is 16.5. The SMILES string of the molecule is O=C(NCc1ccc(F)cc1F)C1CCCN(c2nccn3nc(-c4cccc(Cl)c4)cc23)C1. The molecule has 3 heterocycles. The van der Waals surface area contributed by atoms with Crippen molar-refractivity contribution < 1.29 is 13.6 Å². The number of nitrogens with zero attached hydrogens (tertiary/aromatic N) is 4. The van der Waals surface area contributed by atoms with Crippen LogP contribution in [-0.4, -0.2) is 33.6 Å².